The largest absolute Gasteiger partial charge is 0.378 e. The van der Waals surface area contributed by atoms with Crippen LogP contribution in [0.2, 0.25) is 0 Å². The Labute approximate surface area is 147 Å². The van der Waals surface area contributed by atoms with Crippen LogP contribution in [0.1, 0.15) is 38.3 Å². The molecule has 0 atom stereocenters. The van der Waals surface area contributed by atoms with Crippen LogP contribution in [0, 0.1) is 10.8 Å². The predicted octanol–water partition coefficient (Wildman–Crippen LogP) is 4.44. The van der Waals surface area contributed by atoms with Crippen molar-refractivity contribution in [2.75, 3.05) is 39.6 Å². The Morgan fingerprint density at radius 3 is 2.33 bits per heavy atom. The predicted molar refractivity (Wildman–Crippen MR) is 106 cm³/mol. The molecule has 0 bridgehead atoms. The lowest BCUT2D eigenvalue weighted by Gasteiger charge is -2.25. The van der Waals surface area contributed by atoms with Gasteiger partial charge in [-0.05, 0) is 49.4 Å². The smallest absolute Gasteiger partial charge is 0.0446 e. The SMILES string of the molecule is CN(C)CC1=C(c2ccc(N(C)C)cc2C(=N)C(C)(C)C)CC=C1. The second-order valence-corrected chi connectivity index (χ2v) is 8.10. The third-order valence-corrected chi connectivity index (χ3v) is 4.38. The van der Waals surface area contributed by atoms with Gasteiger partial charge < -0.3 is 15.2 Å². The first-order valence-electron chi connectivity index (χ1n) is 8.55. The maximum absolute atomic E-state index is 8.76. The summed E-state index contributed by atoms with van der Waals surface area (Å²) in [6.07, 6.45) is 5.42. The fourth-order valence-corrected chi connectivity index (χ4v) is 3.01. The van der Waals surface area contributed by atoms with Crippen LogP contribution >= 0.6 is 0 Å². The van der Waals surface area contributed by atoms with Crippen LogP contribution in [-0.4, -0.2) is 45.3 Å². The number of anilines is 1. The zero-order valence-corrected chi connectivity index (χ0v) is 16.2. The second-order valence-electron chi connectivity index (χ2n) is 8.10. The molecule has 0 heterocycles. The fourth-order valence-electron chi connectivity index (χ4n) is 3.01. The van der Waals surface area contributed by atoms with Crippen molar-refractivity contribution in [2.45, 2.75) is 27.2 Å². The first kappa shape index (κ1) is 18.5. The van der Waals surface area contributed by atoms with Crippen LogP contribution in [0.5, 0.6) is 0 Å². The third kappa shape index (κ3) is 3.96. The molecule has 0 aromatic heterocycles. The number of likely N-dealkylation sites (N-methyl/N-ethyl adjacent to an activating group) is 1. The van der Waals surface area contributed by atoms with Crippen LogP contribution in [-0.2, 0) is 0 Å². The summed E-state index contributed by atoms with van der Waals surface area (Å²) in [4.78, 5) is 4.30. The van der Waals surface area contributed by atoms with Crippen LogP contribution < -0.4 is 4.90 Å². The number of nitrogens with one attached hydrogen (secondary N) is 1. The van der Waals surface area contributed by atoms with Gasteiger partial charge in [-0.15, -0.1) is 0 Å². The van der Waals surface area contributed by atoms with E-state index in [0.29, 0.717) is 5.71 Å². The molecule has 1 aliphatic rings. The highest BCUT2D eigenvalue weighted by Gasteiger charge is 2.24. The van der Waals surface area contributed by atoms with Gasteiger partial charge in [0.15, 0.2) is 0 Å². The lowest BCUT2D eigenvalue weighted by atomic mass is 9.81. The molecule has 0 radical (unpaired) electrons. The van der Waals surface area contributed by atoms with Gasteiger partial charge in [-0.3, -0.25) is 0 Å². The third-order valence-electron chi connectivity index (χ3n) is 4.38. The molecule has 1 aliphatic carbocycles. The van der Waals surface area contributed by atoms with Crippen molar-refractivity contribution in [1.82, 2.24) is 4.90 Å². The minimum atomic E-state index is -0.173. The Morgan fingerprint density at radius 1 is 1.12 bits per heavy atom. The lowest BCUT2D eigenvalue weighted by molar-refractivity contribution is 0.450. The van der Waals surface area contributed by atoms with Gasteiger partial charge in [-0.25, -0.2) is 0 Å². The van der Waals surface area contributed by atoms with E-state index in [9.17, 15) is 0 Å². The van der Waals surface area contributed by atoms with E-state index in [2.05, 4.69) is 75.0 Å². The number of allylic oxidation sites excluding steroid dienone is 2. The molecule has 0 saturated carbocycles. The first-order valence-corrected chi connectivity index (χ1v) is 8.55. The summed E-state index contributed by atoms with van der Waals surface area (Å²) in [5.41, 5.74) is 6.66. The van der Waals surface area contributed by atoms with Crippen LogP contribution in [0.15, 0.2) is 35.9 Å². The van der Waals surface area contributed by atoms with Crippen molar-refractivity contribution < 1.29 is 0 Å². The second kappa shape index (κ2) is 6.94. The molecular weight excluding hydrogens is 294 g/mol. The summed E-state index contributed by atoms with van der Waals surface area (Å²) in [6.45, 7) is 7.28. The maximum Gasteiger partial charge on any atom is 0.0446 e. The van der Waals surface area contributed by atoms with Crippen molar-refractivity contribution in [1.29, 1.82) is 5.41 Å². The van der Waals surface area contributed by atoms with Gasteiger partial charge in [-0.2, -0.15) is 0 Å². The van der Waals surface area contributed by atoms with Crippen molar-refractivity contribution in [2.24, 2.45) is 5.41 Å². The molecule has 1 aromatic carbocycles. The van der Waals surface area contributed by atoms with E-state index < -0.39 is 0 Å². The normalized spacial score (nSPS) is 14.7. The van der Waals surface area contributed by atoms with Crippen molar-refractivity contribution >= 4 is 17.0 Å². The van der Waals surface area contributed by atoms with E-state index in [4.69, 9.17) is 5.41 Å². The van der Waals surface area contributed by atoms with Gasteiger partial charge >= 0.3 is 0 Å². The van der Waals surface area contributed by atoms with Gasteiger partial charge in [0.1, 0.15) is 0 Å². The highest BCUT2D eigenvalue weighted by atomic mass is 15.1. The van der Waals surface area contributed by atoms with E-state index >= 15 is 0 Å². The molecule has 0 fully saturated rings. The van der Waals surface area contributed by atoms with Crippen molar-refractivity contribution in [3.63, 3.8) is 0 Å². The zero-order chi connectivity index (χ0) is 18.1. The van der Waals surface area contributed by atoms with Gasteiger partial charge in [0.25, 0.3) is 0 Å². The molecule has 3 nitrogen and oxygen atoms in total. The topological polar surface area (TPSA) is 30.3 Å². The van der Waals surface area contributed by atoms with Gasteiger partial charge in [-0.1, -0.05) is 39.0 Å². The number of hydrogen-bond acceptors (Lipinski definition) is 3. The van der Waals surface area contributed by atoms with Gasteiger partial charge in [0.05, 0.1) is 0 Å². The summed E-state index contributed by atoms with van der Waals surface area (Å²) in [7, 11) is 8.30. The molecule has 0 saturated heterocycles. The molecule has 0 amide bonds. The maximum atomic E-state index is 8.76. The molecule has 0 unspecified atom stereocenters. The van der Waals surface area contributed by atoms with Crippen LogP contribution in [0.4, 0.5) is 5.69 Å². The Bertz CT molecular complexity index is 686. The van der Waals surface area contributed by atoms with Gasteiger partial charge in [0, 0.05) is 43.0 Å². The van der Waals surface area contributed by atoms with E-state index in [1.54, 1.807) is 0 Å². The molecule has 130 valence electrons. The number of hydrogen-bond donors (Lipinski definition) is 1. The van der Waals surface area contributed by atoms with Gasteiger partial charge in [0.2, 0.25) is 0 Å². The summed E-state index contributed by atoms with van der Waals surface area (Å²) >= 11 is 0. The monoisotopic (exact) mass is 325 g/mol. The first-order chi connectivity index (χ1) is 11.1. The van der Waals surface area contributed by atoms with E-state index in [-0.39, 0.29) is 5.41 Å². The van der Waals surface area contributed by atoms with Crippen LogP contribution in [0.3, 0.4) is 0 Å². The molecule has 3 heteroatoms. The quantitative estimate of drug-likeness (QED) is 0.811. The molecule has 0 aliphatic heterocycles. The Kier molecular flexibility index (Phi) is 5.34. The lowest BCUT2D eigenvalue weighted by Crippen LogP contribution is -2.22. The molecule has 2 rings (SSSR count). The molecule has 0 spiro atoms. The fraction of sp³-hybridized carbons (Fsp3) is 0.476. The van der Waals surface area contributed by atoms with E-state index in [1.807, 2.05) is 14.1 Å². The highest BCUT2D eigenvalue weighted by Crippen LogP contribution is 2.35. The summed E-state index contributed by atoms with van der Waals surface area (Å²) in [5, 5.41) is 8.76. The summed E-state index contributed by atoms with van der Waals surface area (Å²) in [6, 6.07) is 6.53. The van der Waals surface area contributed by atoms with Crippen molar-refractivity contribution in [3.05, 3.63) is 47.1 Å². The number of rotatable bonds is 5. The molecule has 1 aromatic rings. The zero-order valence-electron chi connectivity index (χ0n) is 16.2. The summed E-state index contributed by atoms with van der Waals surface area (Å²) < 4.78 is 0. The number of nitrogens with zero attached hydrogens (tertiary/aromatic N) is 2. The van der Waals surface area contributed by atoms with Crippen LogP contribution in [0.25, 0.3) is 5.57 Å². The standard InChI is InChI=1S/C21H31N3/c1-21(2,3)20(22)19-13-16(24(6)7)11-12-18(19)17-10-8-9-15(17)14-23(4)5/h8-9,11-13,22H,10,14H2,1-7H3. The Morgan fingerprint density at radius 2 is 1.79 bits per heavy atom. The average molecular weight is 326 g/mol. The minimum absolute atomic E-state index is 0.173. The van der Waals surface area contributed by atoms with E-state index in [1.165, 1.54) is 16.7 Å². The summed E-state index contributed by atoms with van der Waals surface area (Å²) in [5.74, 6) is 0. The molecular formula is C21H31N3. The van der Waals surface area contributed by atoms with Crippen molar-refractivity contribution in [3.8, 4) is 0 Å². The molecule has 1 N–H and O–H groups in total. The molecule has 24 heavy (non-hydrogen) atoms. The Balaban J connectivity index is 2.60. The highest BCUT2D eigenvalue weighted by molar-refractivity contribution is 6.06. The average Bonchev–Trinajstić information content (AvgIpc) is 2.91. The Hall–Kier alpha value is -1.87. The van der Waals surface area contributed by atoms with E-state index in [0.717, 1.165) is 24.2 Å². The minimum Gasteiger partial charge on any atom is -0.378 e. The number of benzene rings is 1.